The van der Waals surface area contributed by atoms with Gasteiger partial charge < -0.3 is 5.11 Å². The molecule has 7 heteroatoms. The summed E-state index contributed by atoms with van der Waals surface area (Å²) < 4.78 is 14.1. The molecule has 0 saturated heterocycles. The van der Waals surface area contributed by atoms with Gasteiger partial charge in [0.15, 0.2) is 10.9 Å². The van der Waals surface area contributed by atoms with E-state index in [1.54, 1.807) is 7.05 Å². The second-order valence-corrected chi connectivity index (χ2v) is 4.51. The van der Waals surface area contributed by atoms with Crippen LogP contribution in [-0.4, -0.2) is 25.7 Å². The summed E-state index contributed by atoms with van der Waals surface area (Å²) in [6.45, 7) is 0. The highest BCUT2D eigenvalue weighted by molar-refractivity contribution is 8.02. The maximum atomic E-state index is 12.7. The Hall–Kier alpha value is -2.15. The zero-order valence-corrected chi connectivity index (χ0v) is 10.8. The van der Waals surface area contributed by atoms with Gasteiger partial charge in [0.25, 0.3) is 0 Å². The Bertz CT molecular complexity index is 622. The quantitative estimate of drug-likeness (QED) is 0.527. The van der Waals surface area contributed by atoms with Crippen LogP contribution in [0.1, 0.15) is 10.4 Å². The molecule has 0 aliphatic heterocycles. The van der Waals surface area contributed by atoms with Crippen LogP contribution in [0.25, 0.3) is 0 Å². The van der Waals surface area contributed by atoms with Gasteiger partial charge in [-0.05, 0) is 35.7 Å². The number of hydrogen-bond acceptors (Lipinski definition) is 5. The summed E-state index contributed by atoms with van der Waals surface area (Å²) >= 11 is 1.15. The van der Waals surface area contributed by atoms with Gasteiger partial charge in [0.2, 0.25) is 0 Å². The fourth-order valence-corrected chi connectivity index (χ4v) is 1.92. The van der Waals surface area contributed by atoms with E-state index in [-0.39, 0.29) is 17.6 Å². The third kappa shape index (κ3) is 3.19. The van der Waals surface area contributed by atoms with Crippen molar-refractivity contribution in [3.05, 3.63) is 47.1 Å². The standard InChI is InChI=1S/C12H10FN3O2S/c1-16-11(18)14-15-12(16)19-7-6-10(17)8-2-4-9(13)5-3-8/h2-7H,1H3,(H,14,18)/b7-6+. The molecule has 1 heterocycles. The molecule has 2 aromatic rings. The molecule has 0 unspecified atom stereocenters. The number of ketones is 1. The third-order valence-electron chi connectivity index (χ3n) is 2.33. The van der Waals surface area contributed by atoms with Crippen LogP contribution in [0, 0.1) is 5.82 Å². The number of benzene rings is 1. The lowest BCUT2D eigenvalue weighted by molar-refractivity contribution is 0.104. The van der Waals surface area contributed by atoms with Gasteiger partial charge in [-0.15, -0.1) is 5.10 Å². The number of nitrogens with zero attached hydrogens (tertiary/aromatic N) is 3. The molecule has 0 aliphatic carbocycles. The van der Waals surface area contributed by atoms with E-state index in [0.717, 1.165) is 11.8 Å². The van der Waals surface area contributed by atoms with E-state index in [1.807, 2.05) is 0 Å². The van der Waals surface area contributed by atoms with Gasteiger partial charge in [0, 0.05) is 12.6 Å². The first-order valence-corrected chi connectivity index (χ1v) is 6.17. The Morgan fingerprint density at radius 2 is 2.05 bits per heavy atom. The Morgan fingerprint density at radius 1 is 1.37 bits per heavy atom. The molecule has 0 spiro atoms. The highest BCUT2D eigenvalue weighted by atomic mass is 32.2. The van der Waals surface area contributed by atoms with Crippen molar-refractivity contribution in [2.24, 2.45) is 7.05 Å². The fraction of sp³-hybridized carbons (Fsp3) is 0.0833. The topological polar surface area (TPSA) is 68.0 Å². The molecule has 1 N–H and O–H groups in total. The van der Waals surface area contributed by atoms with Crippen LogP contribution in [0.4, 0.5) is 4.39 Å². The summed E-state index contributed by atoms with van der Waals surface area (Å²) in [5.74, 6) is -0.622. The molecule has 0 radical (unpaired) electrons. The number of carbonyl (C=O) groups excluding carboxylic acids is 1. The number of halogens is 1. The molecule has 0 aliphatic rings. The Labute approximate surface area is 112 Å². The smallest absolute Gasteiger partial charge is 0.314 e. The number of rotatable bonds is 4. The number of hydrogen-bond donors (Lipinski definition) is 1. The molecule has 0 fully saturated rings. The monoisotopic (exact) mass is 279 g/mol. The van der Waals surface area contributed by atoms with Crippen LogP contribution in [-0.2, 0) is 7.05 Å². The minimum absolute atomic E-state index is 0.194. The highest BCUT2D eigenvalue weighted by Crippen LogP contribution is 2.19. The SMILES string of the molecule is Cn1c(O)nnc1S/C=C/C(=O)c1ccc(F)cc1. The molecule has 98 valence electrons. The normalized spacial score (nSPS) is 11.1. The van der Waals surface area contributed by atoms with E-state index < -0.39 is 0 Å². The second kappa shape index (κ2) is 5.66. The Balaban J connectivity index is 2.01. The minimum atomic E-state index is -0.385. The van der Waals surface area contributed by atoms with Crippen LogP contribution in [0.15, 0.2) is 40.9 Å². The van der Waals surface area contributed by atoms with E-state index in [9.17, 15) is 14.3 Å². The van der Waals surface area contributed by atoms with E-state index in [1.165, 1.54) is 40.3 Å². The van der Waals surface area contributed by atoms with Gasteiger partial charge >= 0.3 is 6.01 Å². The summed E-state index contributed by atoms with van der Waals surface area (Å²) in [7, 11) is 1.60. The number of aromatic hydroxyl groups is 1. The molecule has 1 aromatic carbocycles. The lowest BCUT2D eigenvalue weighted by Crippen LogP contribution is -1.93. The van der Waals surface area contributed by atoms with Gasteiger partial charge in [0.1, 0.15) is 5.82 Å². The predicted molar refractivity (Wildman–Crippen MR) is 68.4 cm³/mol. The molecule has 0 atom stereocenters. The number of aromatic nitrogens is 3. The summed E-state index contributed by atoms with van der Waals surface area (Å²) in [6.07, 6.45) is 1.35. The van der Waals surface area contributed by atoms with Crippen molar-refractivity contribution in [1.82, 2.24) is 14.8 Å². The van der Waals surface area contributed by atoms with Crippen molar-refractivity contribution >= 4 is 17.5 Å². The Kier molecular flexibility index (Phi) is 3.96. The molecular formula is C12H10FN3O2S. The van der Waals surface area contributed by atoms with Crippen molar-refractivity contribution in [2.75, 3.05) is 0 Å². The number of carbonyl (C=O) groups is 1. The highest BCUT2D eigenvalue weighted by Gasteiger charge is 2.06. The lowest BCUT2D eigenvalue weighted by atomic mass is 10.1. The molecular weight excluding hydrogens is 269 g/mol. The average Bonchev–Trinajstić information content (AvgIpc) is 2.71. The van der Waals surface area contributed by atoms with Crippen molar-refractivity contribution < 1.29 is 14.3 Å². The first kappa shape index (κ1) is 13.3. The fourth-order valence-electron chi connectivity index (χ4n) is 1.28. The van der Waals surface area contributed by atoms with Crippen molar-refractivity contribution in [3.63, 3.8) is 0 Å². The first-order chi connectivity index (χ1) is 9.08. The molecule has 0 bridgehead atoms. The molecule has 0 saturated carbocycles. The number of thioether (sulfide) groups is 1. The largest absolute Gasteiger partial charge is 0.479 e. The maximum Gasteiger partial charge on any atom is 0.314 e. The zero-order valence-electron chi connectivity index (χ0n) is 9.95. The second-order valence-electron chi connectivity index (χ2n) is 3.63. The third-order valence-corrected chi connectivity index (χ3v) is 3.17. The van der Waals surface area contributed by atoms with Gasteiger partial charge in [-0.1, -0.05) is 16.9 Å². The van der Waals surface area contributed by atoms with Crippen LogP contribution >= 0.6 is 11.8 Å². The van der Waals surface area contributed by atoms with E-state index in [0.29, 0.717) is 10.7 Å². The van der Waals surface area contributed by atoms with Crippen LogP contribution in [0.5, 0.6) is 6.01 Å². The summed E-state index contributed by atoms with van der Waals surface area (Å²) in [5.41, 5.74) is 0.402. The molecule has 1 aromatic heterocycles. The van der Waals surface area contributed by atoms with Gasteiger partial charge in [-0.25, -0.2) is 4.39 Å². The van der Waals surface area contributed by atoms with Gasteiger partial charge in [-0.2, -0.15) is 0 Å². The molecule has 19 heavy (non-hydrogen) atoms. The van der Waals surface area contributed by atoms with Crippen molar-refractivity contribution in [2.45, 2.75) is 5.16 Å². The molecule has 2 rings (SSSR count). The Morgan fingerprint density at radius 3 is 2.63 bits per heavy atom. The minimum Gasteiger partial charge on any atom is -0.479 e. The predicted octanol–water partition coefficient (Wildman–Crippen LogP) is 2.15. The number of allylic oxidation sites excluding steroid dienone is 1. The maximum absolute atomic E-state index is 12.7. The summed E-state index contributed by atoms with van der Waals surface area (Å²) in [6, 6.07) is 5.10. The van der Waals surface area contributed by atoms with Gasteiger partial charge in [-0.3, -0.25) is 9.36 Å². The van der Waals surface area contributed by atoms with Crippen molar-refractivity contribution in [1.29, 1.82) is 0 Å². The molecule has 0 amide bonds. The lowest BCUT2D eigenvalue weighted by Gasteiger charge is -1.96. The zero-order chi connectivity index (χ0) is 13.8. The van der Waals surface area contributed by atoms with E-state index in [4.69, 9.17) is 0 Å². The van der Waals surface area contributed by atoms with Gasteiger partial charge in [0.05, 0.1) is 0 Å². The van der Waals surface area contributed by atoms with E-state index >= 15 is 0 Å². The summed E-state index contributed by atoms with van der Waals surface area (Å²) in [5, 5.41) is 18.4. The average molecular weight is 279 g/mol. The van der Waals surface area contributed by atoms with Crippen molar-refractivity contribution in [3.8, 4) is 6.01 Å². The van der Waals surface area contributed by atoms with Crippen LogP contribution < -0.4 is 0 Å². The van der Waals surface area contributed by atoms with Crippen LogP contribution in [0.2, 0.25) is 0 Å². The van der Waals surface area contributed by atoms with E-state index in [2.05, 4.69) is 10.2 Å². The summed E-state index contributed by atoms with van der Waals surface area (Å²) in [4.78, 5) is 11.7. The molecule has 5 nitrogen and oxygen atoms in total. The first-order valence-electron chi connectivity index (χ1n) is 5.29. The van der Waals surface area contributed by atoms with Crippen LogP contribution in [0.3, 0.4) is 0 Å².